The molecule has 1 N–H and O–H groups in total. The van der Waals surface area contributed by atoms with E-state index < -0.39 is 22.0 Å². The molecule has 1 saturated heterocycles. The summed E-state index contributed by atoms with van der Waals surface area (Å²) in [5.41, 5.74) is 0. The number of carbonyl (C=O) groups excluding carboxylic acids is 2. The van der Waals surface area contributed by atoms with Gasteiger partial charge in [-0.25, -0.2) is 13.2 Å². The lowest BCUT2D eigenvalue weighted by molar-refractivity contribution is -0.124. The first-order valence-corrected chi connectivity index (χ1v) is 11.5. The van der Waals surface area contributed by atoms with Crippen LogP contribution in [0, 0.1) is 0 Å². The zero-order valence-corrected chi connectivity index (χ0v) is 18.3. The molecule has 9 nitrogen and oxygen atoms in total. The van der Waals surface area contributed by atoms with Crippen LogP contribution in [0.1, 0.15) is 51.1 Å². The number of rotatable bonds is 10. The highest BCUT2D eigenvalue weighted by atomic mass is 32.2. The highest BCUT2D eigenvalue weighted by molar-refractivity contribution is 7.89. The molecule has 2 heterocycles. The van der Waals surface area contributed by atoms with Crippen LogP contribution in [0.2, 0.25) is 0 Å². The highest BCUT2D eigenvalue weighted by Crippen LogP contribution is 2.27. The number of carbonyl (C=O) groups is 2. The van der Waals surface area contributed by atoms with E-state index >= 15 is 0 Å². The third kappa shape index (κ3) is 5.58. The van der Waals surface area contributed by atoms with Gasteiger partial charge in [0.2, 0.25) is 16.8 Å². The van der Waals surface area contributed by atoms with Gasteiger partial charge in [0.1, 0.15) is 6.04 Å². The van der Waals surface area contributed by atoms with Gasteiger partial charge in [-0.2, -0.15) is 4.31 Å². The van der Waals surface area contributed by atoms with Crippen molar-refractivity contribution in [2.45, 2.75) is 57.7 Å². The Hall–Kier alpha value is -1.91. The summed E-state index contributed by atoms with van der Waals surface area (Å²) in [6, 6.07) is 2.07. The fourth-order valence-electron chi connectivity index (χ4n) is 3.40. The van der Waals surface area contributed by atoms with Crippen molar-refractivity contribution in [1.29, 1.82) is 0 Å². The maximum Gasteiger partial charge on any atom is 0.374 e. The molecule has 10 heteroatoms. The van der Waals surface area contributed by atoms with Crippen LogP contribution in [-0.4, -0.2) is 74.4 Å². The number of nitrogens with one attached hydrogen (secondary N) is 1. The SMILES string of the molecule is CCOC(=O)c1ccc(S(=O)(=O)N2CCCC2C(=O)NCCN(CC)C(C)C)o1. The zero-order valence-electron chi connectivity index (χ0n) is 17.5. The molecule has 0 radical (unpaired) electrons. The molecule has 0 aromatic carbocycles. The van der Waals surface area contributed by atoms with Gasteiger partial charge in [-0.05, 0) is 52.3 Å². The smallest absolute Gasteiger partial charge is 0.374 e. The van der Waals surface area contributed by atoms with Crippen molar-refractivity contribution in [3.05, 3.63) is 17.9 Å². The number of nitrogens with zero attached hydrogens (tertiary/aromatic N) is 2. The molecule has 1 amide bonds. The molecule has 29 heavy (non-hydrogen) atoms. The summed E-state index contributed by atoms with van der Waals surface area (Å²) in [6.07, 6.45) is 1.02. The van der Waals surface area contributed by atoms with Crippen LogP contribution in [-0.2, 0) is 19.6 Å². The van der Waals surface area contributed by atoms with Gasteiger partial charge < -0.3 is 14.5 Å². The number of likely N-dealkylation sites (N-methyl/N-ethyl adjacent to an activating group) is 1. The summed E-state index contributed by atoms with van der Waals surface area (Å²) in [6.45, 7) is 10.3. The highest BCUT2D eigenvalue weighted by Gasteiger charge is 2.41. The minimum atomic E-state index is -4.03. The number of sulfonamides is 1. The van der Waals surface area contributed by atoms with E-state index in [4.69, 9.17) is 9.15 Å². The topological polar surface area (TPSA) is 109 Å². The molecule has 2 rings (SSSR count). The van der Waals surface area contributed by atoms with E-state index in [1.807, 2.05) is 0 Å². The summed E-state index contributed by atoms with van der Waals surface area (Å²) in [5, 5.41) is 2.48. The molecule has 164 valence electrons. The summed E-state index contributed by atoms with van der Waals surface area (Å²) in [4.78, 5) is 26.6. The van der Waals surface area contributed by atoms with Crippen LogP contribution in [0.3, 0.4) is 0 Å². The number of hydrogen-bond donors (Lipinski definition) is 1. The number of amides is 1. The first-order valence-electron chi connectivity index (χ1n) is 10.0. The van der Waals surface area contributed by atoms with Crippen molar-refractivity contribution in [1.82, 2.24) is 14.5 Å². The Morgan fingerprint density at radius 3 is 2.69 bits per heavy atom. The van der Waals surface area contributed by atoms with E-state index in [9.17, 15) is 18.0 Å². The van der Waals surface area contributed by atoms with Gasteiger partial charge in [0.25, 0.3) is 10.0 Å². The van der Waals surface area contributed by atoms with Crippen molar-refractivity contribution in [2.75, 3.05) is 32.8 Å². The Labute approximate surface area is 172 Å². The summed E-state index contributed by atoms with van der Waals surface area (Å²) < 4.78 is 37.1. The first-order chi connectivity index (χ1) is 13.7. The van der Waals surface area contributed by atoms with Crippen molar-refractivity contribution in [2.24, 2.45) is 0 Å². The van der Waals surface area contributed by atoms with Gasteiger partial charge >= 0.3 is 5.97 Å². The molecule has 1 aromatic rings. The van der Waals surface area contributed by atoms with E-state index in [-0.39, 0.29) is 29.9 Å². The summed E-state index contributed by atoms with van der Waals surface area (Å²) in [5.74, 6) is -1.22. The normalized spacial score (nSPS) is 17.8. The van der Waals surface area contributed by atoms with Crippen molar-refractivity contribution in [3.63, 3.8) is 0 Å². The minimum absolute atomic E-state index is 0.155. The molecule has 1 atom stereocenters. The first kappa shape index (κ1) is 23.4. The van der Waals surface area contributed by atoms with Crippen LogP contribution in [0.5, 0.6) is 0 Å². The van der Waals surface area contributed by atoms with E-state index in [0.717, 1.165) is 10.8 Å². The molecule has 1 aliphatic heterocycles. The van der Waals surface area contributed by atoms with Crippen molar-refractivity contribution >= 4 is 21.9 Å². The lowest BCUT2D eigenvalue weighted by Crippen LogP contribution is -2.47. The van der Waals surface area contributed by atoms with E-state index in [0.29, 0.717) is 32.0 Å². The molecule has 1 unspecified atom stereocenters. The average molecular weight is 430 g/mol. The molecule has 0 aliphatic carbocycles. The second-order valence-electron chi connectivity index (χ2n) is 7.13. The van der Waals surface area contributed by atoms with Gasteiger partial charge in [-0.1, -0.05) is 6.92 Å². The summed E-state index contributed by atoms with van der Waals surface area (Å²) >= 11 is 0. The third-order valence-electron chi connectivity index (χ3n) is 4.96. The van der Waals surface area contributed by atoms with Crippen molar-refractivity contribution < 1.29 is 27.2 Å². The lowest BCUT2D eigenvalue weighted by atomic mass is 10.2. The number of furan rings is 1. The Balaban J connectivity index is 2.05. The Kier molecular flexibility index (Phi) is 8.23. The van der Waals surface area contributed by atoms with Gasteiger partial charge in [0, 0.05) is 25.7 Å². The molecular weight excluding hydrogens is 398 g/mol. The van der Waals surface area contributed by atoms with E-state index in [1.54, 1.807) is 6.92 Å². The van der Waals surface area contributed by atoms with E-state index in [2.05, 4.69) is 31.0 Å². The van der Waals surface area contributed by atoms with Crippen LogP contribution >= 0.6 is 0 Å². The Morgan fingerprint density at radius 2 is 2.07 bits per heavy atom. The molecule has 1 fully saturated rings. The fourth-order valence-corrected chi connectivity index (χ4v) is 4.97. The molecule has 1 aromatic heterocycles. The largest absolute Gasteiger partial charge is 0.460 e. The Morgan fingerprint density at radius 1 is 1.34 bits per heavy atom. The monoisotopic (exact) mass is 429 g/mol. The third-order valence-corrected chi connectivity index (χ3v) is 6.74. The molecule has 0 spiro atoms. The molecule has 0 bridgehead atoms. The van der Waals surface area contributed by atoms with Gasteiger partial charge in [0.15, 0.2) is 0 Å². The zero-order chi connectivity index (χ0) is 21.6. The Bertz CT molecular complexity index is 805. The lowest BCUT2D eigenvalue weighted by Gasteiger charge is -2.26. The van der Waals surface area contributed by atoms with Crippen LogP contribution in [0.25, 0.3) is 0 Å². The molecule has 1 aliphatic rings. The van der Waals surface area contributed by atoms with Crippen molar-refractivity contribution in [3.8, 4) is 0 Å². The number of ether oxygens (including phenoxy) is 1. The van der Waals surface area contributed by atoms with Crippen LogP contribution in [0.4, 0.5) is 0 Å². The standard InChI is InChI=1S/C19H31N3O6S/c1-5-21(14(3)4)13-11-20-18(23)15-8-7-12-22(15)29(25,26)17-10-9-16(28-17)19(24)27-6-2/h9-10,14-15H,5-8,11-13H2,1-4H3,(H,20,23). The fraction of sp³-hybridized carbons (Fsp3) is 0.684. The number of esters is 1. The predicted molar refractivity (Wildman–Crippen MR) is 107 cm³/mol. The van der Waals surface area contributed by atoms with E-state index in [1.165, 1.54) is 12.1 Å². The van der Waals surface area contributed by atoms with Gasteiger partial charge in [-0.3, -0.25) is 9.69 Å². The van der Waals surface area contributed by atoms with Gasteiger partial charge in [0.05, 0.1) is 6.61 Å². The second kappa shape index (κ2) is 10.2. The van der Waals surface area contributed by atoms with Crippen LogP contribution < -0.4 is 5.32 Å². The molecule has 0 saturated carbocycles. The quantitative estimate of drug-likeness (QED) is 0.561. The second-order valence-corrected chi connectivity index (χ2v) is 8.95. The predicted octanol–water partition coefficient (Wildman–Crippen LogP) is 1.46. The number of hydrogen-bond acceptors (Lipinski definition) is 7. The maximum atomic E-state index is 13.0. The average Bonchev–Trinajstić information content (AvgIpc) is 3.35. The minimum Gasteiger partial charge on any atom is -0.460 e. The molecular formula is C19H31N3O6S. The van der Waals surface area contributed by atoms with Crippen LogP contribution in [0.15, 0.2) is 21.6 Å². The maximum absolute atomic E-state index is 13.0. The van der Waals surface area contributed by atoms with Gasteiger partial charge in [-0.15, -0.1) is 0 Å². The summed E-state index contributed by atoms with van der Waals surface area (Å²) in [7, 11) is -4.03.